The van der Waals surface area contributed by atoms with Gasteiger partial charge in [-0.05, 0) is 61.1 Å². The molecule has 0 spiro atoms. The van der Waals surface area contributed by atoms with Gasteiger partial charge in [0.2, 0.25) is 0 Å². The largest absolute Gasteiger partial charge is 0.506 e. The number of phenolic OH excluding ortho intramolecular Hbond substituents is 4. The van der Waals surface area contributed by atoms with Gasteiger partial charge in [0.15, 0.2) is 0 Å². The zero-order chi connectivity index (χ0) is 40.1. The number of ether oxygens (including phenoxy) is 2. The second-order valence-electron chi connectivity index (χ2n) is 11.2. The average molecular weight is 839 g/mol. The van der Waals surface area contributed by atoms with Gasteiger partial charge in [0.1, 0.15) is 36.2 Å². The first-order valence-electron chi connectivity index (χ1n) is 16.2. The summed E-state index contributed by atoms with van der Waals surface area (Å²) in [6, 6.07) is 17.0. The standard InChI is InChI=1S/C40H38O10S5/c1-7-51-29-17-15-27(33(37(29)43)25-11-9-13-31(35(25)41)54-49-21-19-47-39(45)23(3)4)53-28-16-18-30(52-8-2)38(44)34(28)26-12-10-14-32(36(26)42)55-50-22-20-48-40(46)24(5)6/h7-18,41-44H,1-3,5,19-22H2,4,6H3. The fourth-order valence-corrected chi connectivity index (χ4v) is 8.07. The molecule has 0 saturated carbocycles. The lowest BCUT2D eigenvalue weighted by Gasteiger charge is -2.19. The summed E-state index contributed by atoms with van der Waals surface area (Å²) in [6.45, 7) is 17.8. The molecule has 0 aliphatic heterocycles. The van der Waals surface area contributed by atoms with Gasteiger partial charge in [-0.2, -0.15) is 0 Å². The van der Waals surface area contributed by atoms with Crippen molar-refractivity contribution in [3.8, 4) is 45.3 Å². The van der Waals surface area contributed by atoms with Gasteiger partial charge in [-0.25, -0.2) is 9.59 Å². The monoisotopic (exact) mass is 838 g/mol. The number of rotatable bonds is 20. The Morgan fingerprint density at radius 2 is 0.945 bits per heavy atom. The first-order chi connectivity index (χ1) is 26.4. The van der Waals surface area contributed by atoms with Crippen molar-refractivity contribution in [2.45, 2.75) is 43.2 Å². The number of hydrogen-bond acceptors (Lipinski definition) is 15. The molecule has 0 aliphatic rings. The lowest BCUT2D eigenvalue weighted by molar-refractivity contribution is -0.140. The molecular formula is C40H38O10S5. The summed E-state index contributed by atoms with van der Waals surface area (Å²) in [5, 5.41) is 49.5. The third-order valence-corrected chi connectivity index (χ3v) is 11.4. The van der Waals surface area contributed by atoms with Crippen LogP contribution in [0.1, 0.15) is 13.8 Å². The Bertz CT molecular complexity index is 1950. The number of para-hydroxylation sites is 2. The van der Waals surface area contributed by atoms with Crippen LogP contribution in [0.3, 0.4) is 0 Å². The first kappa shape index (κ1) is 43.4. The molecule has 0 fully saturated rings. The maximum atomic E-state index is 11.7. The molecule has 0 radical (unpaired) electrons. The molecule has 0 atom stereocenters. The van der Waals surface area contributed by atoms with Gasteiger partial charge in [-0.3, -0.25) is 0 Å². The molecule has 0 saturated heterocycles. The lowest BCUT2D eigenvalue weighted by atomic mass is 10.0. The Labute approximate surface area is 341 Å². The van der Waals surface area contributed by atoms with Crippen molar-refractivity contribution >= 4 is 71.3 Å². The highest BCUT2D eigenvalue weighted by Crippen LogP contribution is 2.54. The predicted octanol–water partition coefficient (Wildman–Crippen LogP) is 10.8. The van der Waals surface area contributed by atoms with Crippen LogP contribution >= 0.6 is 59.4 Å². The summed E-state index contributed by atoms with van der Waals surface area (Å²) in [5.41, 5.74) is 1.73. The highest BCUT2D eigenvalue weighted by Gasteiger charge is 2.25. The van der Waals surface area contributed by atoms with E-state index in [9.17, 15) is 30.0 Å². The van der Waals surface area contributed by atoms with Gasteiger partial charge in [-0.1, -0.05) is 85.9 Å². The molecule has 15 heteroatoms. The van der Waals surface area contributed by atoms with E-state index in [0.717, 1.165) is 24.1 Å². The van der Waals surface area contributed by atoms with Crippen molar-refractivity contribution in [2.24, 2.45) is 0 Å². The van der Waals surface area contributed by atoms with Crippen LogP contribution in [0, 0.1) is 0 Å². The number of benzene rings is 4. The van der Waals surface area contributed by atoms with E-state index in [4.69, 9.17) is 17.8 Å². The number of phenols is 4. The van der Waals surface area contributed by atoms with Crippen LogP contribution in [0.5, 0.6) is 23.0 Å². The fraction of sp³-hybridized carbons (Fsp3) is 0.150. The summed E-state index contributed by atoms with van der Waals surface area (Å²) in [6.07, 6.45) is 0. The smallest absolute Gasteiger partial charge is 0.333 e. The molecule has 0 aliphatic carbocycles. The van der Waals surface area contributed by atoms with Crippen molar-refractivity contribution in [1.29, 1.82) is 0 Å². The minimum absolute atomic E-state index is 0.0159. The Hall–Kier alpha value is -4.35. The molecule has 55 heavy (non-hydrogen) atoms. The van der Waals surface area contributed by atoms with E-state index in [0.29, 0.717) is 51.6 Å². The highest BCUT2D eigenvalue weighted by molar-refractivity contribution is 8.02. The van der Waals surface area contributed by atoms with Gasteiger partial charge in [0, 0.05) is 67.3 Å². The maximum Gasteiger partial charge on any atom is 0.333 e. The summed E-state index contributed by atoms with van der Waals surface area (Å²) >= 11 is 5.38. The fourth-order valence-electron chi connectivity index (χ4n) is 4.66. The maximum absolute atomic E-state index is 11.7. The number of carbonyl (C=O) groups excluding carboxylic acids is 2. The van der Waals surface area contributed by atoms with E-state index in [1.165, 1.54) is 35.3 Å². The van der Waals surface area contributed by atoms with E-state index < -0.39 is 11.9 Å². The molecule has 0 heterocycles. The van der Waals surface area contributed by atoms with Gasteiger partial charge in [0.25, 0.3) is 0 Å². The van der Waals surface area contributed by atoms with Gasteiger partial charge >= 0.3 is 11.9 Å². The van der Waals surface area contributed by atoms with Crippen LogP contribution in [0.2, 0.25) is 0 Å². The average Bonchev–Trinajstić information content (AvgIpc) is 3.15. The number of esters is 2. The quantitative estimate of drug-likeness (QED) is 0.0219. The van der Waals surface area contributed by atoms with Crippen molar-refractivity contribution < 1.29 is 47.9 Å². The number of carbonyl (C=O) groups is 2. The van der Waals surface area contributed by atoms with E-state index in [2.05, 4.69) is 26.3 Å². The topological polar surface area (TPSA) is 152 Å². The van der Waals surface area contributed by atoms with E-state index in [-0.39, 0.29) is 60.6 Å². The number of hydrogen-bond donors (Lipinski definition) is 4. The zero-order valence-electron chi connectivity index (χ0n) is 29.9. The van der Waals surface area contributed by atoms with Crippen molar-refractivity contribution in [2.75, 3.05) is 26.4 Å². The van der Waals surface area contributed by atoms with Gasteiger partial charge < -0.3 is 38.3 Å². The summed E-state index contributed by atoms with van der Waals surface area (Å²) in [7, 11) is 0. The van der Waals surface area contributed by atoms with Crippen LogP contribution in [-0.4, -0.2) is 58.8 Å². The molecular weight excluding hydrogens is 801 g/mol. The molecule has 0 bridgehead atoms. The van der Waals surface area contributed by atoms with Crippen LogP contribution in [0.4, 0.5) is 0 Å². The van der Waals surface area contributed by atoms with E-state index in [1.54, 1.807) is 85.3 Å². The molecule has 4 rings (SSSR count). The van der Waals surface area contributed by atoms with Crippen molar-refractivity contribution in [3.05, 3.63) is 109 Å². The van der Waals surface area contributed by atoms with Gasteiger partial charge in [0.05, 0.1) is 32.8 Å². The minimum Gasteiger partial charge on any atom is -0.506 e. The Morgan fingerprint density at radius 1 is 0.564 bits per heavy atom. The molecule has 0 unspecified atom stereocenters. The molecule has 4 aromatic rings. The molecule has 0 amide bonds. The highest BCUT2D eigenvalue weighted by atomic mass is 32.2. The third kappa shape index (κ3) is 11.4. The van der Waals surface area contributed by atoms with Crippen molar-refractivity contribution in [3.63, 3.8) is 0 Å². The second kappa shape index (κ2) is 21.1. The first-order valence-corrected chi connectivity index (χ1v) is 20.3. The summed E-state index contributed by atoms with van der Waals surface area (Å²) in [4.78, 5) is 26.1. The minimum atomic E-state index is -0.534. The summed E-state index contributed by atoms with van der Waals surface area (Å²) in [5.74, 6) is -1.63. The van der Waals surface area contributed by atoms with Crippen LogP contribution < -0.4 is 0 Å². The van der Waals surface area contributed by atoms with Crippen LogP contribution in [-0.2, 0) is 27.4 Å². The molecule has 4 N–H and O–H groups in total. The Kier molecular flexibility index (Phi) is 16.6. The van der Waals surface area contributed by atoms with Crippen molar-refractivity contribution in [1.82, 2.24) is 0 Å². The Balaban J connectivity index is 1.72. The van der Waals surface area contributed by atoms with Crippen LogP contribution in [0.25, 0.3) is 22.3 Å². The molecule has 10 nitrogen and oxygen atoms in total. The number of thioether (sulfide) groups is 2. The van der Waals surface area contributed by atoms with E-state index >= 15 is 0 Å². The predicted molar refractivity (Wildman–Crippen MR) is 222 cm³/mol. The second-order valence-corrected chi connectivity index (χ2v) is 16.0. The zero-order valence-corrected chi connectivity index (χ0v) is 33.9. The molecule has 4 aromatic carbocycles. The van der Waals surface area contributed by atoms with E-state index in [1.807, 2.05) is 0 Å². The van der Waals surface area contributed by atoms with Gasteiger partial charge in [-0.15, -0.1) is 0 Å². The molecule has 288 valence electrons. The third-order valence-electron chi connectivity index (χ3n) is 7.18. The SMILES string of the molecule is C=CSc1ccc(Sc2ccc(SC=C)c(O)c2-c2cccc(SOCCOC(=O)C(=C)C)c2O)c(-c2cccc(SOCCOC(=O)C(=C)C)c2O)c1O. The normalized spacial score (nSPS) is 10.8. The lowest BCUT2D eigenvalue weighted by Crippen LogP contribution is -2.09. The summed E-state index contributed by atoms with van der Waals surface area (Å²) < 4.78 is 21.3. The number of aromatic hydroxyl groups is 4. The molecule has 0 aromatic heterocycles. The Morgan fingerprint density at radius 3 is 1.31 bits per heavy atom. The van der Waals surface area contributed by atoms with Crippen LogP contribution in [0.15, 0.2) is 138 Å².